The van der Waals surface area contributed by atoms with Gasteiger partial charge in [-0.3, -0.25) is 0 Å². The lowest BCUT2D eigenvalue weighted by atomic mass is 9.94. The zero-order valence-electron chi connectivity index (χ0n) is 13.7. The van der Waals surface area contributed by atoms with Crippen LogP contribution in [-0.4, -0.2) is 30.8 Å². The van der Waals surface area contributed by atoms with Gasteiger partial charge in [-0.2, -0.15) is 4.31 Å². The Hall–Kier alpha value is -1.24. The van der Waals surface area contributed by atoms with Crippen molar-refractivity contribution in [3.05, 3.63) is 34.7 Å². The summed E-state index contributed by atoms with van der Waals surface area (Å²) >= 11 is 1.57. The summed E-state index contributed by atoms with van der Waals surface area (Å²) in [5.74, 6) is 0.802. The van der Waals surface area contributed by atoms with Crippen molar-refractivity contribution in [1.82, 2.24) is 9.29 Å². The zero-order chi connectivity index (χ0) is 16.6. The van der Waals surface area contributed by atoms with Gasteiger partial charge in [0.1, 0.15) is 0 Å². The van der Waals surface area contributed by atoms with Gasteiger partial charge in [0.15, 0.2) is 0 Å². The van der Waals surface area contributed by atoms with Crippen LogP contribution in [0.1, 0.15) is 25.3 Å². The molecule has 0 N–H and O–H groups in total. The maximum atomic E-state index is 13.0. The third-order valence-corrected chi connectivity index (χ3v) is 6.82. The standard InChI is InChI=1S/C17H22N2O2S2/c1-12-7-13(2)10-19(9-12)23(20,21)16-6-4-5-15(8-16)17-11-22-14(3)18-17/h4-6,8,11-13H,7,9-10H2,1-3H3/t12-,13-/m0/s1. The first-order valence-electron chi connectivity index (χ1n) is 7.89. The number of aromatic nitrogens is 1. The molecule has 1 aliphatic rings. The van der Waals surface area contributed by atoms with E-state index in [0.29, 0.717) is 29.8 Å². The van der Waals surface area contributed by atoms with Gasteiger partial charge in [0.2, 0.25) is 10.0 Å². The molecule has 0 aliphatic carbocycles. The highest BCUT2D eigenvalue weighted by molar-refractivity contribution is 7.89. The molecule has 23 heavy (non-hydrogen) atoms. The number of benzene rings is 1. The van der Waals surface area contributed by atoms with Crippen molar-refractivity contribution in [3.8, 4) is 11.3 Å². The lowest BCUT2D eigenvalue weighted by Gasteiger charge is -2.34. The van der Waals surface area contributed by atoms with Crippen LogP contribution in [0, 0.1) is 18.8 Å². The van der Waals surface area contributed by atoms with Crippen LogP contribution in [0.15, 0.2) is 34.5 Å². The van der Waals surface area contributed by atoms with E-state index in [1.807, 2.05) is 18.4 Å². The fraction of sp³-hybridized carbons (Fsp3) is 0.471. The molecule has 6 heteroatoms. The molecule has 1 aromatic carbocycles. The third kappa shape index (κ3) is 3.49. The molecule has 124 valence electrons. The quantitative estimate of drug-likeness (QED) is 0.846. The third-order valence-electron chi connectivity index (χ3n) is 4.22. The fourth-order valence-electron chi connectivity index (χ4n) is 3.26. The molecule has 0 amide bonds. The Morgan fingerprint density at radius 2 is 1.91 bits per heavy atom. The second-order valence-electron chi connectivity index (χ2n) is 6.55. The van der Waals surface area contributed by atoms with E-state index in [1.165, 1.54) is 0 Å². The minimum absolute atomic E-state index is 0.363. The number of aryl methyl sites for hydroxylation is 1. The molecule has 1 fully saturated rings. The van der Waals surface area contributed by atoms with Crippen molar-refractivity contribution < 1.29 is 8.42 Å². The molecule has 0 saturated carbocycles. The number of hydrogen-bond donors (Lipinski definition) is 0. The average molecular weight is 351 g/mol. The highest BCUT2D eigenvalue weighted by Crippen LogP contribution is 2.29. The van der Waals surface area contributed by atoms with E-state index in [2.05, 4.69) is 18.8 Å². The molecule has 1 aliphatic heterocycles. The minimum atomic E-state index is -3.44. The van der Waals surface area contributed by atoms with Crippen LogP contribution in [0.4, 0.5) is 0 Å². The van der Waals surface area contributed by atoms with E-state index in [9.17, 15) is 8.42 Å². The van der Waals surface area contributed by atoms with Gasteiger partial charge in [-0.15, -0.1) is 11.3 Å². The lowest BCUT2D eigenvalue weighted by molar-refractivity contribution is 0.222. The van der Waals surface area contributed by atoms with Crippen LogP contribution < -0.4 is 0 Å². The molecule has 0 spiro atoms. The second kappa shape index (κ2) is 6.34. The first kappa shape index (κ1) is 16.6. The van der Waals surface area contributed by atoms with Crippen LogP contribution >= 0.6 is 11.3 Å². The molecule has 3 rings (SSSR count). The lowest BCUT2D eigenvalue weighted by Crippen LogP contribution is -2.42. The van der Waals surface area contributed by atoms with E-state index in [-0.39, 0.29) is 0 Å². The topological polar surface area (TPSA) is 50.3 Å². The molecule has 1 saturated heterocycles. The monoisotopic (exact) mass is 350 g/mol. The summed E-state index contributed by atoms with van der Waals surface area (Å²) in [4.78, 5) is 4.81. The minimum Gasteiger partial charge on any atom is -0.242 e. The van der Waals surface area contributed by atoms with Gasteiger partial charge >= 0.3 is 0 Å². The highest BCUT2D eigenvalue weighted by Gasteiger charge is 2.31. The molecule has 0 radical (unpaired) electrons. The van der Waals surface area contributed by atoms with Gasteiger partial charge in [-0.25, -0.2) is 13.4 Å². The first-order valence-corrected chi connectivity index (χ1v) is 10.2. The summed E-state index contributed by atoms with van der Waals surface area (Å²) in [5.41, 5.74) is 1.69. The molecule has 0 unspecified atom stereocenters. The summed E-state index contributed by atoms with van der Waals surface area (Å²) < 4.78 is 27.6. The maximum absolute atomic E-state index is 13.0. The van der Waals surface area contributed by atoms with Gasteiger partial charge in [-0.05, 0) is 37.3 Å². The van der Waals surface area contributed by atoms with E-state index in [0.717, 1.165) is 22.7 Å². The van der Waals surface area contributed by atoms with E-state index < -0.39 is 10.0 Å². The number of rotatable bonds is 3. The SMILES string of the molecule is Cc1nc(-c2cccc(S(=O)(=O)N3C[C@@H](C)C[C@H](C)C3)c2)cs1. The van der Waals surface area contributed by atoms with Crippen molar-refractivity contribution >= 4 is 21.4 Å². The molecule has 2 heterocycles. The summed E-state index contributed by atoms with van der Waals surface area (Å²) in [5, 5.41) is 2.94. The number of sulfonamides is 1. The van der Waals surface area contributed by atoms with Crippen molar-refractivity contribution in [2.24, 2.45) is 11.8 Å². The molecular weight excluding hydrogens is 328 g/mol. The Labute approximate surface area is 142 Å². The molecular formula is C17H22N2O2S2. The Morgan fingerprint density at radius 3 is 2.52 bits per heavy atom. The molecule has 0 bridgehead atoms. The average Bonchev–Trinajstić information content (AvgIpc) is 2.93. The van der Waals surface area contributed by atoms with Crippen LogP contribution in [0.2, 0.25) is 0 Å². The second-order valence-corrected chi connectivity index (χ2v) is 9.55. The van der Waals surface area contributed by atoms with Gasteiger partial charge in [0.05, 0.1) is 15.6 Å². The molecule has 4 nitrogen and oxygen atoms in total. The molecule has 2 atom stereocenters. The normalized spacial score (nSPS) is 23.1. The summed E-state index contributed by atoms with van der Waals surface area (Å²) in [7, 11) is -3.44. The summed E-state index contributed by atoms with van der Waals surface area (Å²) in [6, 6.07) is 7.14. The van der Waals surface area contributed by atoms with Crippen LogP contribution in [0.5, 0.6) is 0 Å². The summed E-state index contributed by atoms with van der Waals surface area (Å²) in [6.07, 6.45) is 1.09. The van der Waals surface area contributed by atoms with E-state index in [4.69, 9.17) is 0 Å². The predicted molar refractivity (Wildman–Crippen MR) is 94.0 cm³/mol. The van der Waals surface area contributed by atoms with Crippen molar-refractivity contribution in [3.63, 3.8) is 0 Å². The Morgan fingerprint density at radius 1 is 1.22 bits per heavy atom. The molecule has 1 aromatic heterocycles. The van der Waals surface area contributed by atoms with Gasteiger partial charge < -0.3 is 0 Å². The highest BCUT2D eigenvalue weighted by atomic mass is 32.2. The number of hydrogen-bond acceptors (Lipinski definition) is 4. The summed E-state index contributed by atoms with van der Waals surface area (Å²) in [6.45, 7) is 7.39. The fourth-order valence-corrected chi connectivity index (χ4v) is 5.61. The Kier molecular flexibility index (Phi) is 4.58. The smallest absolute Gasteiger partial charge is 0.242 e. The number of piperidine rings is 1. The van der Waals surface area contributed by atoms with Crippen LogP contribution in [-0.2, 0) is 10.0 Å². The van der Waals surface area contributed by atoms with Crippen LogP contribution in [0.3, 0.4) is 0 Å². The van der Waals surface area contributed by atoms with Crippen molar-refractivity contribution in [1.29, 1.82) is 0 Å². The zero-order valence-corrected chi connectivity index (χ0v) is 15.3. The van der Waals surface area contributed by atoms with Gasteiger partial charge in [0, 0.05) is 24.0 Å². The van der Waals surface area contributed by atoms with Gasteiger partial charge in [-0.1, -0.05) is 26.0 Å². The predicted octanol–water partition coefficient (Wildman–Crippen LogP) is 3.79. The van der Waals surface area contributed by atoms with Crippen molar-refractivity contribution in [2.75, 3.05) is 13.1 Å². The number of nitrogens with zero attached hydrogens (tertiary/aromatic N) is 2. The largest absolute Gasteiger partial charge is 0.243 e. The van der Waals surface area contributed by atoms with E-state index in [1.54, 1.807) is 33.8 Å². The Bertz CT molecular complexity index is 788. The van der Waals surface area contributed by atoms with Crippen LogP contribution in [0.25, 0.3) is 11.3 Å². The number of thiazole rings is 1. The van der Waals surface area contributed by atoms with Gasteiger partial charge in [0.25, 0.3) is 0 Å². The molecule has 2 aromatic rings. The van der Waals surface area contributed by atoms with Crippen molar-refractivity contribution in [2.45, 2.75) is 32.1 Å². The Balaban J connectivity index is 1.94. The van der Waals surface area contributed by atoms with E-state index >= 15 is 0 Å². The first-order chi connectivity index (χ1) is 10.9. The maximum Gasteiger partial charge on any atom is 0.243 e.